The van der Waals surface area contributed by atoms with Crippen LogP contribution in [0.3, 0.4) is 0 Å². The van der Waals surface area contributed by atoms with Crippen LogP contribution in [0.25, 0.3) is 0 Å². The lowest BCUT2D eigenvalue weighted by Gasteiger charge is -2.22. The van der Waals surface area contributed by atoms with Crippen LogP contribution in [0.15, 0.2) is 48.8 Å². The highest BCUT2D eigenvalue weighted by atomic mass is 16.4. The molecule has 188 valence electrons. The Morgan fingerprint density at radius 3 is 2.03 bits per heavy atom. The number of carboxylic acids is 2. The van der Waals surface area contributed by atoms with Gasteiger partial charge in [0, 0.05) is 31.9 Å². The molecule has 2 rings (SSSR count). The monoisotopic (exact) mass is 485 g/mol. The van der Waals surface area contributed by atoms with Crippen molar-refractivity contribution < 1.29 is 29.4 Å². The van der Waals surface area contributed by atoms with Crippen molar-refractivity contribution in [1.29, 1.82) is 0 Å². The molecule has 0 aliphatic heterocycles. The normalized spacial score (nSPS) is 12.5. The maximum Gasteiger partial charge on any atom is 0.326 e. The van der Waals surface area contributed by atoms with Gasteiger partial charge in [-0.15, -0.1) is 0 Å². The first kappa shape index (κ1) is 27.4. The van der Waals surface area contributed by atoms with Crippen molar-refractivity contribution in [2.24, 2.45) is 0 Å². The Bertz CT molecular complexity index is 902. The number of aldehydes is 1. The number of hydrogen-bond acceptors (Lipinski definition) is 7. The van der Waals surface area contributed by atoms with E-state index >= 15 is 0 Å². The Morgan fingerprint density at radius 2 is 1.54 bits per heavy atom. The Balaban J connectivity index is 1.82. The zero-order valence-corrected chi connectivity index (χ0v) is 19.4. The lowest BCUT2D eigenvalue weighted by Crippen LogP contribution is -2.49. The van der Waals surface area contributed by atoms with Gasteiger partial charge in [-0.3, -0.25) is 19.7 Å². The molecule has 2 atom stereocenters. The number of unbranched alkanes of at least 4 members (excludes halogenated alkanes) is 1. The maximum atomic E-state index is 12.1. The van der Waals surface area contributed by atoms with Gasteiger partial charge in [0.1, 0.15) is 12.3 Å². The zero-order valence-electron chi connectivity index (χ0n) is 19.4. The molecule has 11 heteroatoms. The number of aliphatic carboxylic acids is 2. The second kappa shape index (κ2) is 15.1. The van der Waals surface area contributed by atoms with Crippen LogP contribution in [0.1, 0.15) is 43.5 Å². The number of amides is 2. The standard InChI is InChI=1S/C24H31N5O6/c30-17-20(27-24(35)28-21(23(33)34)10-11-22(31)32)9-3-6-14-29(15-18-7-1-4-12-25-18)16-19-8-2-5-13-26-19/h1-2,4-5,7-8,12-13,17,20-21H,3,6,9-11,14-16H2,(H,31,32)(H,33,34)(H2,27,28,35)/t20-,21-/m0/s1. The van der Waals surface area contributed by atoms with Crippen LogP contribution in [0.4, 0.5) is 4.79 Å². The van der Waals surface area contributed by atoms with E-state index < -0.39 is 36.5 Å². The molecule has 0 unspecified atom stereocenters. The summed E-state index contributed by atoms with van der Waals surface area (Å²) in [6, 6.07) is 8.53. The Kier molecular flexibility index (Phi) is 11.8. The van der Waals surface area contributed by atoms with Crippen molar-refractivity contribution in [2.75, 3.05) is 6.54 Å². The van der Waals surface area contributed by atoms with E-state index in [4.69, 9.17) is 10.2 Å². The van der Waals surface area contributed by atoms with Gasteiger partial charge in [0.25, 0.3) is 0 Å². The van der Waals surface area contributed by atoms with Crippen LogP contribution in [-0.2, 0) is 27.5 Å². The summed E-state index contributed by atoms with van der Waals surface area (Å²) in [4.78, 5) is 56.4. The van der Waals surface area contributed by atoms with E-state index in [1.54, 1.807) is 12.4 Å². The lowest BCUT2D eigenvalue weighted by molar-refractivity contribution is -0.140. The van der Waals surface area contributed by atoms with Gasteiger partial charge in [0.05, 0.1) is 17.4 Å². The summed E-state index contributed by atoms with van der Waals surface area (Å²) in [5, 5.41) is 22.5. The van der Waals surface area contributed by atoms with E-state index in [1.165, 1.54) is 0 Å². The van der Waals surface area contributed by atoms with E-state index in [9.17, 15) is 19.2 Å². The zero-order chi connectivity index (χ0) is 25.5. The predicted octanol–water partition coefficient (Wildman–Crippen LogP) is 1.83. The molecule has 0 aromatic carbocycles. The third-order valence-electron chi connectivity index (χ3n) is 5.19. The minimum atomic E-state index is -1.36. The van der Waals surface area contributed by atoms with Crippen LogP contribution in [0.5, 0.6) is 0 Å². The molecule has 35 heavy (non-hydrogen) atoms. The number of urea groups is 1. The van der Waals surface area contributed by atoms with Crippen molar-refractivity contribution in [3.63, 3.8) is 0 Å². The van der Waals surface area contributed by atoms with Crippen LogP contribution in [0.2, 0.25) is 0 Å². The first-order valence-electron chi connectivity index (χ1n) is 11.4. The molecule has 2 heterocycles. The van der Waals surface area contributed by atoms with Crippen LogP contribution >= 0.6 is 0 Å². The molecule has 0 radical (unpaired) electrons. The molecule has 0 bridgehead atoms. The SMILES string of the molecule is O=C[C@H](CCCCN(Cc1ccccn1)Cc1ccccn1)NC(=O)N[C@@H](CCC(=O)O)C(=O)O. The van der Waals surface area contributed by atoms with Gasteiger partial charge in [0.2, 0.25) is 0 Å². The summed E-state index contributed by atoms with van der Waals surface area (Å²) in [6.07, 6.45) is 5.22. The van der Waals surface area contributed by atoms with Gasteiger partial charge in [-0.2, -0.15) is 0 Å². The average Bonchev–Trinajstić information content (AvgIpc) is 2.84. The van der Waals surface area contributed by atoms with E-state index in [-0.39, 0.29) is 6.42 Å². The molecule has 4 N–H and O–H groups in total. The molecule has 0 aliphatic rings. The predicted molar refractivity (Wildman–Crippen MR) is 126 cm³/mol. The van der Waals surface area contributed by atoms with Gasteiger partial charge >= 0.3 is 18.0 Å². The number of rotatable bonds is 16. The summed E-state index contributed by atoms with van der Waals surface area (Å²) in [5.74, 6) is -2.51. The van der Waals surface area contributed by atoms with E-state index in [0.29, 0.717) is 32.2 Å². The number of carboxylic acid groups (broad SMARTS) is 2. The first-order valence-corrected chi connectivity index (χ1v) is 11.4. The third kappa shape index (κ3) is 11.2. The van der Waals surface area contributed by atoms with E-state index in [2.05, 4.69) is 25.5 Å². The van der Waals surface area contributed by atoms with Crippen molar-refractivity contribution >= 4 is 24.3 Å². The van der Waals surface area contributed by atoms with Gasteiger partial charge in [-0.25, -0.2) is 9.59 Å². The number of carbonyl (C=O) groups excluding carboxylic acids is 2. The number of carbonyl (C=O) groups is 4. The molecular formula is C24H31N5O6. The van der Waals surface area contributed by atoms with Gasteiger partial charge in [-0.1, -0.05) is 12.1 Å². The quantitative estimate of drug-likeness (QED) is 0.205. The highest BCUT2D eigenvalue weighted by Crippen LogP contribution is 2.10. The topological polar surface area (TPSA) is 162 Å². The maximum absolute atomic E-state index is 12.1. The van der Waals surface area contributed by atoms with E-state index in [1.807, 2.05) is 36.4 Å². The lowest BCUT2D eigenvalue weighted by atomic mass is 10.1. The number of aromatic nitrogens is 2. The molecule has 0 spiro atoms. The summed E-state index contributed by atoms with van der Waals surface area (Å²) < 4.78 is 0. The second-order valence-electron chi connectivity index (χ2n) is 8.03. The molecule has 2 amide bonds. The minimum absolute atomic E-state index is 0.258. The Hall–Kier alpha value is -3.86. The molecule has 0 saturated carbocycles. The molecule has 2 aromatic rings. The molecule has 2 aromatic heterocycles. The summed E-state index contributed by atoms with van der Waals surface area (Å²) in [5.41, 5.74) is 1.87. The number of pyridine rings is 2. The van der Waals surface area contributed by atoms with Crippen LogP contribution < -0.4 is 10.6 Å². The number of nitrogens with one attached hydrogen (secondary N) is 2. The van der Waals surface area contributed by atoms with Crippen molar-refractivity contribution in [3.05, 3.63) is 60.2 Å². The fourth-order valence-electron chi connectivity index (χ4n) is 3.42. The molecule has 0 aliphatic carbocycles. The van der Waals surface area contributed by atoms with Gasteiger partial charge in [0.15, 0.2) is 0 Å². The Morgan fingerprint density at radius 1 is 0.914 bits per heavy atom. The smallest absolute Gasteiger partial charge is 0.326 e. The van der Waals surface area contributed by atoms with Crippen molar-refractivity contribution in [3.8, 4) is 0 Å². The van der Waals surface area contributed by atoms with Crippen LogP contribution in [0, 0.1) is 0 Å². The van der Waals surface area contributed by atoms with Crippen molar-refractivity contribution in [2.45, 2.75) is 57.3 Å². The molecule has 11 nitrogen and oxygen atoms in total. The largest absolute Gasteiger partial charge is 0.481 e. The number of hydrogen-bond donors (Lipinski definition) is 4. The molecule has 0 saturated heterocycles. The Labute approximate surface area is 203 Å². The highest BCUT2D eigenvalue weighted by Gasteiger charge is 2.22. The fraction of sp³-hybridized carbons (Fsp3) is 0.417. The summed E-state index contributed by atoms with van der Waals surface area (Å²) >= 11 is 0. The number of nitrogens with zero attached hydrogens (tertiary/aromatic N) is 3. The van der Waals surface area contributed by atoms with Gasteiger partial charge < -0.3 is 25.6 Å². The third-order valence-corrected chi connectivity index (χ3v) is 5.19. The molecular weight excluding hydrogens is 454 g/mol. The minimum Gasteiger partial charge on any atom is -0.481 e. The van der Waals surface area contributed by atoms with Crippen LogP contribution in [-0.4, -0.2) is 68.0 Å². The summed E-state index contributed by atoms with van der Waals surface area (Å²) in [6.45, 7) is 2.01. The van der Waals surface area contributed by atoms with E-state index in [0.717, 1.165) is 24.4 Å². The van der Waals surface area contributed by atoms with Gasteiger partial charge in [-0.05, 0) is 56.5 Å². The highest BCUT2D eigenvalue weighted by molar-refractivity contribution is 5.84. The molecule has 0 fully saturated rings. The average molecular weight is 486 g/mol. The second-order valence-corrected chi connectivity index (χ2v) is 8.03. The summed E-state index contributed by atoms with van der Waals surface area (Å²) in [7, 11) is 0. The fourth-order valence-corrected chi connectivity index (χ4v) is 3.42. The van der Waals surface area contributed by atoms with Crippen molar-refractivity contribution in [1.82, 2.24) is 25.5 Å². The first-order chi connectivity index (χ1) is 16.9.